The second-order valence-corrected chi connectivity index (χ2v) is 7.91. The first-order valence-corrected chi connectivity index (χ1v) is 9.46. The van der Waals surface area contributed by atoms with E-state index in [0.29, 0.717) is 45.7 Å². The van der Waals surface area contributed by atoms with Crippen LogP contribution >= 0.6 is 11.6 Å². The first kappa shape index (κ1) is 16.7. The molecule has 2 aliphatic heterocycles. The van der Waals surface area contributed by atoms with Gasteiger partial charge in [-0.2, -0.15) is 4.31 Å². The Balaban J connectivity index is 1.86. The van der Waals surface area contributed by atoms with Crippen molar-refractivity contribution in [2.24, 2.45) is 0 Å². The van der Waals surface area contributed by atoms with E-state index in [9.17, 15) is 13.2 Å². The lowest BCUT2D eigenvalue weighted by atomic mass is 10.2. The second kappa shape index (κ2) is 6.76. The number of rotatable bonds is 3. The van der Waals surface area contributed by atoms with E-state index in [-0.39, 0.29) is 15.8 Å². The number of ether oxygens (including phenoxy) is 1. The van der Waals surface area contributed by atoms with E-state index in [1.165, 1.54) is 10.4 Å². The summed E-state index contributed by atoms with van der Waals surface area (Å²) in [6.45, 7) is 2.35. The van der Waals surface area contributed by atoms with Crippen molar-refractivity contribution in [3.05, 3.63) is 29.3 Å². The smallest absolute Gasteiger partial charge is 0.245 e. The first-order valence-electron chi connectivity index (χ1n) is 7.65. The van der Waals surface area contributed by atoms with Gasteiger partial charge in [-0.1, -0.05) is 23.7 Å². The van der Waals surface area contributed by atoms with Gasteiger partial charge in [-0.25, -0.2) is 8.42 Å². The van der Waals surface area contributed by atoms with E-state index < -0.39 is 16.1 Å². The van der Waals surface area contributed by atoms with E-state index >= 15 is 0 Å². The number of sulfonamides is 1. The largest absolute Gasteiger partial charge is 0.378 e. The van der Waals surface area contributed by atoms with Crippen LogP contribution in [0.3, 0.4) is 0 Å². The van der Waals surface area contributed by atoms with Crippen molar-refractivity contribution in [2.75, 3.05) is 32.8 Å². The average Bonchev–Trinajstić information content (AvgIpc) is 3.05. The summed E-state index contributed by atoms with van der Waals surface area (Å²) in [5.41, 5.74) is 0. The summed E-state index contributed by atoms with van der Waals surface area (Å²) in [5.74, 6) is -0.138. The van der Waals surface area contributed by atoms with Gasteiger partial charge in [-0.3, -0.25) is 4.79 Å². The number of amides is 1. The molecule has 1 amide bonds. The zero-order chi connectivity index (χ0) is 16.4. The van der Waals surface area contributed by atoms with E-state index in [1.807, 2.05) is 0 Å². The van der Waals surface area contributed by atoms with Crippen molar-refractivity contribution in [3.63, 3.8) is 0 Å². The Hall–Kier alpha value is -1.15. The fourth-order valence-corrected chi connectivity index (χ4v) is 5.20. The standard InChI is InChI=1S/C15H19ClN2O4S/c16-12-4-1-2-6-14(12)23(20,21)18-7-3-5-13(18)15(19)17-8-10-22-11-9-17/h1-2,4,6,13H,3,5,7-11H2/t13-/m0/s1. The maximum Gasteiger partial charge on any atom is 0.245 e. The Kier molecular flexibility index (Phi) is 4.91. The van der Waals surface area contributed by atoms with E-state index in [2.05, 4.69) is 0 Å². The van der Waals surface area contributed by atoms with Gasteiger partial charge in [0.25, 0.3) is 0 Å². The van der Waals surface area contributed by atoms with Crippen LogP contribution in [0.4, 0.5) is 0 Å². The summed E-state index contributed by atoms with van der Waals surface area (Å²) in [6, 6.07) is 5.69. The van der Waals surface area contributed by atoms with Gasteiger partial charge in [0.05, 0.1) is 18.2 Å². The van der Waals surface area contributed by atoms with Gasteiger partial charge < -0.3 is 9.64 Å². The molecule has 0 N–H and O–H groups in total. The van der Waals surface area contributed by atoms with Crippen molar-refractivity contribution in [1.29, 1.82) is 0 Å². The van der Waals surface area contributed by atoms with Crippen molar-refractivity contribution >= 4 is 27.5 Å². The van der Waals surface area contributed by atoms with Gasteiger partial charge in [0, 0.05) is 19.6 Å². The van der Waals surface area contributed by atoms with Crippen LogP contribution in [0.2, 0.25) is 5.02 Å². The lowest BCUT2D eigenvalue weighted by molar-refractivity contribution is -0.138. The predicted molar refractivity (Wildman–Crippen MR) is 85.8 cm³/mol. The van der Waals surface area contributed by atoms with Crippen molar-refractivity contribution < 1.29 is 17.9 Å². The molecule has 3 rings (SSSR count). The minimum absolute atomic E-state index is 0.0587. The normalized spacial score (nSPS) is 23.2. The summed E-state index contributed by atoms with van der Waals surface area (Å²) >= 11 is 6.05. The zero-order valence-corrected chi connectivity index (χ0v) is 14.2. The first-order chi connectivity index (χ1) is 11.0. The number of hydrogen-bond acceptors (Lipinski definition) is 4. The van der Waals surface area contributed by atoms with Crippen molar-refractivity contribution in [2.45, 2.75) is 23.8 Å². The topological polar surface area (TPSA) is 66.9 Å². The van der Waals surface area contributed by atoms with E-state index in [1.54, 1.807) is 23.1 Å². The van der Waals surface area contributed by atoms with Crippen LogP contribution in [0, 0.1) is 0 Å². The second-order valence-electron chi connectivity index (χ2n) is 5.64. The monoisotopic (exact) mass is 358 g/mol. The van der Waals surface area contributed by atoms with Crippen molar-refractivity contribution in [3.8, 4) is 0 Å². The molecule has 2 fully saturated rings. The van der Waals surface area contributed by atoms with Gasteiger partial charge in [0.2, 0.25) is 15.9 Å². The molecule has 6 nitrogen and oxygen atoms in total. The highest BCUT2D eigenvalue weighted by molar-refractivity contribution is 7.89. The molecule has 0 unspecified atom stereocenters. The van der Waals surface area contributed by atoms with E-state index in [0.717, 1.165) is 0 Å². The minimum Gasteiger partial charge on any atom is -0.378 e. The highest BCUT2D eigenvalue weighted by atomic mass is 35.5. The molecule has 0 bridgehead atoms. The lowest BCUT2D eigenvalue weighted by Crippen LogP contribution is -2.51. The SMILES string of the molecule is O=C([C@@H]1CCCN1S(=O)(=O)c1ccccc1Cl)N1CCOCC1. The molecule has 1 atom stereocenters. The number of carbonyl (C=O) groups excluding carboxylic acids is 1. The highest BCUT2D eigenvalue weighted by Gasteiger charge is 2.41. The van der Waals surface area contributed by atoms with Crippen LogP contribution in [0.1, 0.15) is 12.8 Å². The van der Waals surface area contributed by atoms with Crippen LogP contribution in [0.15, 0.2) is 29.2 Å². The molecule has 2 saturated heterocycles. The minimum atomic E-state index is -3.78. The molecule has 126 valence electrons. The number of carbonyl (C=O) groups is 1. The molecule has 0 spiro atoms. The van der Waals surface area contributed by atoms with E-state index in [4.69, 9.17) is 16.3 Å². The summed E-state index contributed by atoms with van der Waals surface area (Å²) in [6.07, 6.45) is 1.21. The predicted octanol–water partition coefficient (Wildman–Crippen LogP) is 1.35. The Morgan fingerprint density at radius 2 is 1.87 bits per heavy atom. The van der Waals surface area contributed by atoms with Crippen LogP contribution in [0.25, 0.3) is 0 Å². The fourth-order valence-electron chi connectivity index (χ4n) is 3.05. The number of benzene rings is 1. The van der Waals surface area contributed by atoms with Crippen LogP contribution in [-0.4, -0.2) is 62.4 Å². The molecule has 1 aromatic rings. The van der Waals surface area contributed by atoms with Crippen molar-refractivity contribution in [1.82, 2.24) is 9.21 Å². The van der Waals surface area contributed by atoms with Crippen LogP contribution in [-0.2, 0) is 19.6 Å². The maximum absolute atomic E-state index is 12.9. The number of hydrogen-bond donors (Lipinski definition) is 0. The third-order valence-corrected chi connectivity index (χ3v) is 6.64. The number of morpholine rings is 1. The third kappa shape index (κ3) is 3.24. The molecule has 23 heavy (non-hydrogen) atoms. The molecule has 0 aliphatic carbocycles. The average molecular weight is 359 g/mol. The fraction of sp³-hybridized carbons (Fsp3) is 0.533. The van der Waals surface area contributed by atoms with Gasteiger partial charge >= 0.3 is 0 Å². The Morgan fingerprint density at radius 3 is 2.57 bits per heavy atom. The molecular formula is C15H19ClN2O4S. The lowest BCUT2D eigenvalue weighted by Gasteiger charge is -2.32. The molecule has 1 aromatic carbocycles. The summed E-state index contributed by atoms with van der Waals surface area (Å²) < 4.78 is 32.3. The molecule has 0 aromatic heterocycles. The number of nitrogens with zero attached hydrogens (tertiary/aromatic N) is 2. The Labute approximate surface area is 141 Å². The molecule has 2 heterocycles. The Morgan fingerprint density at radius 1 is 1.17 bits per heavy atom. The number of halogens is 1. The van der Waals surface area contributed by atoms with Gasteiger partial charge in [-0.05, 0) is 25.0 Å². The van der Waals surface area contributed by atoms with Crippen LogP contribution < -0.4 is 0 Å². The summed E-state index contributed by atoms with van der Waals surface area (Å²) in [5, 5.41) is 0.178. The maximum atomic E-state index is 12.9. The molecule has 0 radical (unpaired) electrons. The van der Waals surface area contributed by atoms with Crippen LogP contribution in [0.5, 0.6) is 0 Å². The molecule has 0 saturated carbocycles. The van der Waals surface area contributed by atoms with Gasteiger partial charge in [0.1, 0.15) is 10.9 Å². The molecular weight excluding hydrogens is 340 g/mol. The highest BCUT2D eigenvalue weighted by Crippen LogP contribution is 2.30. The summed E-state index contributed by atoms with van der Waals surface area (Å²) in [4.78, 5) is 14.5. The zero-order valence-electron chi connectivity index (χ0n) is 12.7. The Bertz CT molecular complexity index is 688. The third-order valence-electron chi connectivity index (χ3n) is 4.23. The summed E-state index contributed by atoms with van der Waals surface area (Å²) in [7, 11) is -3.78. The van der Waals surface area contributed by atoms with Gasteiger partial charge in [0.15, 0.2) is 0 Å². The molecule has 2 aliphatic rings. The molecule has 8 heteroatoms. The van der Waals surface area contributed by atoms with Gasteiger partial charge in [-0.15, -0.1) is 0 Å². The quantitative estimate of drug-likeness (QED) is 0.818.